The number of nitrogens with zero attached hydrogens (tertiary/aromatic N) is 4. The minimum Gasteiger partial charge on any atom is -0.497 e. The lowest BCUT2D eigenvalue weighted by Gasteiger charge is -2.08. The maximum atomic E-state index is 12.6. The highest BCUT2D eigenvalue weighted by Crippen LogP contribution is 2.32. The van der Waals surface area contributed by atoms with Crippen molar-refractivity contribution in [3.05, 3.63) is 41.6 Å². The number of carbonyl (C=O) groups excluding carboxylic acids is 1. The predicted molar refractivity (Wildman–Crippen MR) is 106 cm³/mol. The summed E-state index contributed by atoms with van der Waals surface area (Å²) in [5, 5.41) is 18.5. The summed E-state index contributed by atoms with van der Waals surface area (Å²) < 4.78 is 12.8. The summed E-state index contributed by atoms with van der Waals surface area (Å²) in [5.74, 6) is 2.84. The highest BCUT2D eigenvalue weighted by Gasteiger charge is 2.17. The normalized spacial score (nSPS) is 13.4. The van der Waals surface area contributed by atoms with Crippen LogP contribution in [0.4, 0.5) is 0 Å². The Bertz CT molecular complexity index is 1010. The van der Waals surface area contributed by atoms with Crippen LogP contribution in [0.1, 0.15) is 41.4 Å². The third-order valence-corrected chi connectivity index (χ3v) is 5.10. The Hall–Kier alpha value is -3.36. The van der Waals surface area contributed by atoms with Gasteiger partial charge in [0.2, 0.25) is 0 Å². The van der Waals surface area contributed by atoms with Crippen LogP contribution in [0, 0.1) is 0 Å². The molecule has 0 unspecified atom stereocenters. The molecule has 0 saturated heterocycles. The number of aryl methyl sites for hydroxylation is 1. The molecule has 4 rings (SSSR count). The van der Waals surface area contributed by atoms with E-state index < -0.39 is 0 Å². The lowest BCUT2D eigenvalue weighted by atomic mass is 10.1. The van der Waals surface area contributed by atoms with Crippen LogP contribution in [0.2, 0.25) is 0 Å². The molecule has 9 heteroatoms. The molecule has 1 aliphatic rings. The van der Waals surface area contributed by atoms with Crippen LogP contribution in [0.3, 0.4) is 0 Å². The Balaban J connectivity index is 1.46. The molecule has 0 aliphatic carbocycles. The summed E-state index contributed by atoms with van der Waals surface area (Å²) in [6.07, 6.45) is 4.38. The maximum absolute atomic E-state index is 12.6. The Kier molecular flexibility index (Phi) is 5.46. The first-order valence-corrected chi connectivity index (χ1v) is 9.66. The third-order valence-electron chi connectivity index (χ3n) is 5.10. The van der Waals surface area contributed by atoms with Crippen molar-refractivity contribution in [2.24, 2.45) is 0 Å². The molecule has 2 N–H and O–H groups in total. The molecule has 3 aromatic rings. The predicted octanol–water partition coefficient (Wildman–Crippen LogP) is 2.34. The Morgan fingerprint density at radius 1 is 1.17 bits per heavy atom. The lowest BCUT2D eigenvalue weighted by molar-refractivity contribution is 0.0944. The smallest absolute Gasteiger partial charge is 0.269 e. The summed E-state index contributed by atoms with van der Waals surface area (Å²) in [6.45, 7) is 1.23. The molecule has 2 aromatic heterocycles. The molecule has 0 spiro atoms. The van der Waals surface area contributed by atoms with Gasteiger partial charge in [0.1, 0.15) is 23.0 Å². The second-order valence-corrected chi connectivity index (χ2v) is 6.91. The van der Waals surface area contributed by atoms with E-state index in [9.17, 15) is 4.79 Å². The number of rotatable bonds is 6. The van der Waals surface area contributed by atoms with Gasteiger partial charge in [-0.3, -0.25) is 9.89 Å². The average Bonchev–Trinajstić information content (AvgIpc) is 3.33. The topological polar surface area (TPSA) is 107 Å². The lowest BCUT2D eigenvalue weighted by Crippen LogP contribution is -2.25. The summed E-state index contributed by atoms with van der Waals surface area (Å²) in [4.78, 5) is 12.6. The van der Waals surface area contributed by atoms with Crippen LogP contribution in [-0.4, -0.2) is 45.1 Å². The van der Waals surface area contributed by atoms with Crippen LogP contribution in [0.5, 0.6) is 11.5 Å². The fourth-order valence-corrected chi connectivity index (χ4v) is 3.52. The molecule has 152 valence electrons. The minimum atomic E-state index is -0.248. The average molecular weight is 396 g/mol. The molecule has 0 saturated carbocycles. The van der Waals surface area contributed by atoms with E-state index >= 15 is 0 Å². The highest BCUT2D eigenvalue weighted by molar-refractivity contribution is 5.93. The van der Waals surface area contributed by atoms with Crippen molar-refractivity contribution in [1.29, 1.82) is 0 Å². The second-order valence-electron chi connectivity index (χ2n) is 6.91. The van der Waals surface area contributed by atoms with Crippen LogP contribution < -0.4 is 14.8 Å². The number of carbonyl (C=O) groups is 1. The van der Waals surface area contributed by atoms with Gasteiger partial charge in [-0.2, -0.15) is 5.10 Å². The van der Waals surface area contributed by atoms with E-state index in [4.69, 9.17) is 9.47 Å². The van der Waals surface area contributed by atoms with Crippen LogP contribution in [-0.2, 0) is 19.5 Å². The number of fused-ring (bicyclic) bond motifs is 1. The van der Waals surface area contributed by atoms with Crippen molar-refractivity contribution in [2.75, 3.05) is 14.2 Å². The van der Waals surface area contributed by atoms with E-state index in [0.717, 1.165) is 43.0 Å². The number of aromatic amines is 1. The summed E-state index contributed by atoms with van der Waals surface area (Å²) in [5.41, 5.74) is 1.76. The zero-order valence-corrected chi connectivity index (χ0v) is 16.6. The van der Waals surface area contributed by atoms with Gasteiger partial charge in [-0.25, -0.2) is 0 Å². The fourth-order valence-electron chi connectivity index (χ4n) is 3.52. The number of amides is 1. The highest BCUT2D eigenvalue weighted by atomic mass is 16.5. The molecule has 9 nitrogen and oxygen atoms in total. The number of H-pyrrole nitrogens is 1. The molecule has 0 atom stereocenters. The molecule has 3 heterocycles. The summed E-state index contributed by atoms with van der Waals surface area (Å²) >= 11 is 0. The van der Waals surface area contributed by atoms with Crippen LogP contribution in [0.25, 0.3) is 11.3 Å². The van der Waals surface area contributed by atoms with Gasteiger partial charge >= 0.3 is 0 Å². The first-order valence-electron chi connectivity index (χ1n) is 9.66. The van der Waals surface area contributed by atoms with Crippen molar-refractivity contribution in [1.82, 2.24) is 30.3 Å². The van der Waals surface area contributed by atoms with Crippen LogP contribution in [0.15, 0.2) is 24.3 Å². The first kappa shape index (κ1) is 19.0. The number of ether oxygens (including phenoxy) is 2. The first-order chi connectivity index (χ1) is 14.2. The molecular formula is C20H24N6O3. The molecule has 0 radical (unpaired) electrons. The molecule has 1 amide bonds. The number of methoxy groups -OCH3 is 2. The minimum absolute atomic E-state index is 0.248. The largest absolute Gasteiger partial charge is 0.497 e. The molecule has 1 aromatic carbocycles. The van der Waals surface area contributed by atoms with Gasteiger partial charge in [-0.1, -0.05) is 6.42 Å². The van der Waals surface area contributed by atoms with E-state index in [2.05, 4.69) is 30.3 Å². The second kappa shape index (κ2) is 8.34. The van der Waals surface area contributed by atoms with Gasteiger partial charge in [0.05, 0.1) is 26.5 Å². The quantitative estimate of drug-likeness (QED) is 0.662. The zero-order valence-electron chi connectivity index (χ0n) is 16.6. The van der Waals surface area contributed by atoms with Gasteiger partial charge in [0.15, 0.2) is 5.82 Å². The maximum Gasteiger partial charge on any atom is 0.269 e. The fraction of sp³-hybridized carbons (Fsp3) is 0.400. The Morgan fingerprint density at radius 2 is 2.07 bits per heavy atom. The van der Waals surface area contributed by atoms with Gasteiger partial charge in [0, 0.05) is 24.6 Å². The molecule has 0 bridgehead atoms. The van der Waals surface area contributed by atoms with Crippen molar-refractivity contribution in [3.8, 4) is 22.8 Å². The summed E-state index contributed by atoms with van der Waals surface area (Å²) in [7, 11) is 3.18. The number of nitrogens with one attached hydrogen (secondary N) is 2. The summed E-state index contributed by atoms with van der Waals surface area (Å²) in [6, 6.07) is 7.15. The van der Waals surface area contributed by atoms with E-state index in [1.54, 1.807) is 26.4 Å². The van der Waals surface area contributed by atoms with Crippen molar-refractivity contribution >= 4 is 5.91 Å². The Morgan fingerprint density at radius 3 is 2.90 bits per heavy atom. The van der Waals surface area contributed by atoms with Gasteiger partial charge in [-0.05, 0) is 31.0 Å². The zero-order chi connectivity index (χ0) is 20.2. The molecule has 1 aliphatic heterocycles. The van der Waals surface area contributed by atoms with E-state index in [1.807, 2.05) is 12.1 Å². The van der Waals surface area contributed by atoms with Crippen molar-refractivity contribution in [3.63, 3.8) is 0 Å². The number of benzene rings is 1. The van der Waals surface area contributed by atoms with Crippen molar-refractivity contribution < 1.29 is 14.3 Å². The van der Waals surface area contributed by atoms with Gasteiger partial charge in [-0.15, -0.1) is 10.2 Å². The number of hydrogen-bond acceptors (Lipinski definition) is 6. The SMILES string of the molecule is COc1ccc(-c2cc(C(=O)NCc3nnc4n3CCCCC4)[nH]n2)c(OC)c1. The van der Waals surface area contributed by atoms with Crippen molar-refractivity contribution in [2.45, 2.75) is 38.8 Å². The van der Waals surface area contributed by atoms with E-state index in [-0.39, 0.29) is 5.91 Å². The number of aromatic nitrogens is 5. The monoisotopic (exact) mass is 396 g/mol. The standard InChI is InChI=1S/C20H24N6O3/c1-28-13-7-8-14(17(10-13)29-2)15-11-16(23-22-15)20(27)21-12-19-25-24-18-6-4-3-5-9-26(18)19/h7-8,10-11H,3-6,9,12H2,1-2H3,(H,21,27)(H,22,23). The Labute approximate surface area is 168 Å². The van der Waals surface area contributed by atoms with Crippen LogP contribution >= 0.6 is 0 Å². The molecular weight excluding hydrogens is 372 g/mol. The molecule has 29 heavy (non-hydrogen) atoms. The van der Waals surface area contributed by atoms with E-state index in [1.165, 1.54) is 6.42 Å². The van der Waals surface area contributed by atoms with E-state index in [0.29, 0.717) is 29.4 Å². The third kappa shape index (κ3) is 3.94. The van der Waals surface area contributed by atoms with Gasteiger partial charge in [0.25, 0.3) is 5.91 Å². The number of hydrogen-bond donors (Lipinski definition) is 2. The van der Waals surface area contributed by atoms with Gasteiger partial charge < -0.3 is 19.4 Å². The molecule has 0 fully saturated rings.